The van der Waals surface area contributed by atoms with Gasteiger partial charge in [-0.15, -0.1) is 0 Å². The quantitative estimate of drug-likeness (QED) is 0.707. The van der Waals surface area contributed by atoms with E-state index in [-0.39, 0.29) is 31.1 Å². The molecular weight excluding hydrogens is 209 g/mol. The second-order valence-corrected chi connectivity index (χ2v) is 3.96. The molecule has 0 radical (unpaired) electrons. The Hall–Kier alpha value is -0.970. The number of halogens is 1. The Bertz CT molecular complexity index is 340. The lowest BCUT2D eigenvalue weighted by Crippen LogP contribution is -2.37. The molecule has 0 fully saturated rings. The van der Waals surface area contributed by atoms with Crippen LogP contribution in [0, 0.1) is 12.7 Å². The summed E-state index contributed by atoms with van der Waals surface area (Å²) in [5.41, 5.74) is 1.41. The second-order valence-electron chi connectivity index (χ2n) is 3.96. The standard InChI is InChI=1S/C12H18FNO2/c1-8-3-4-10(5-12(8)13)9(2)14-11(6-15)7-16/h3-5,9,11,14-16H,6-7H2,1-2H3. The van der Waals surface area contributed by atoms with Gasteiger partial charge in [-0.3, -0.25) is 0 Å². The molecule has 1 unspecified atom stereocenters. The van der Waals surface area contributed by atoms with Gasteiger partial charge < -0.3 is 15.5 Å². The highest BCUT2D eigenvalue weighted by molar-refractivity contribution is 5.25. The van der Waals surface area contributed by atoms with Gasteiger partial charge in [0.05, 0.1) is 19.3 Å². The highest BCUT2D eigenvalue weighted by Gasteiger charge is 2.12. The smallest absolute Gasteiger partial charge is 0.126 e. The molecule has 0 saturated carbocycles. The van der Waals surface area contributed by atoms with Crippen LogP contribution >= 0.6 is 0 Å². The van der Waals surface area contributed by atoms with E-state index in [9.17, 15) is 4.39 Å². The largest absolute Gasteiger partial charge is 0.395 e. The number of aryl methyl sites for hydroxylation is 1. The van der Waals surface area contributed by atoms with Crippen molar-refractivity contribution in [3.8, 4) is 0 Å². The van der Waals surface area contributed by atoms with Crippen molar-refractivity contribution < 1.29 is 14.6 Å². The van der Waals surface area contributed by atoms with E-state index in [2.05, 4.69) is 5.32 Å². The molecule has 1 rings (SSSR count). The van der Waals surface area contributed by atoms with Crippen molar-refractivity contribution in [2.45, 2.75) is 25.9 Å². The highest BCUT2D eigenvalue weighted by atomic mass is 19.1. The minimum atomic E-state index is -0.376. The van der Waals surface area contributed by atoms with Crippen LogP contribution in [0.1, 0.15) is 24.1 Å². The van der Waals surface area contributed by atoms with Crippen molar-refractivity contribution in [3.63, 3.8) is 0 Å². The van der Waals surface area contributed by atoms with Gasteiger partial charge in [-0.1, -0.05) is 12.1 Å². The van der Waals surface area contributed by atoms with Crippen LogP contribution in [0.2, 0.25) is 0 Å². The van der Waals surface area contributed by atoms with E-state index in [0.29, 0.717) is 5.56 Å². The van der Waals surface area contributed by atoms with Crippen LogP contribution in [0.3, 0.4) is 0 Å². The Kier molecular flexibility index (Phi) is 4.86. The lowest BCUT2D eigenvalue weighted by atomic mass is 10.1. The number of nitrogens with one attached hydrogen (secondary N) is 1. The molecule has 1 aromatic rings. The van der Waals surface area contributed by atoms with Gasteiger partial charge in [0.15, 0.2) is 0 Å². The average molecular weight is 227 g/mol. The number of rotatable bonds is 5. The fraction of sp³-hybridized carbons (Fsp3) is 0.500. The molecule has 90 valence electrons. The SMILES string of the molecule is Cc1ccc(C(C)NC(CO)CO)cc1F. The number of hydrogen-bond acceptors (Lipinski definition) is 3. The summed E-state index contributed by atoms with van der Waals surface area (Å²) in [6, 6.07) is 4.54. The molecule has 1 atom stereocenters. The van der Waals surface area contributed by atoms with Crippen LogP contribution < -0.4 is 5.32 Å². The van der Waals surface area contributed by atoms with E-state index < -0.39 is 0 Å². The third-order valence-corrected chi connectivity index (χ3v) is 2.62. The van der Waals surface area contributed by atoms with Crippen molar-refractivity contribution >= 4 is 0 Å². The van der Waals surface area contributed by atoms with Crippen LogP contribution in [0.25, 0.3) is 0 Å². The summed E-state index contributed by atoms with van der Waals surface area (Å²) < 4.78 is 13.3. The molecule has 0 amide bonds. The predicted octanol–water partition coefficient (Wildman–Crippen LogP) is 1.14. The van der Waals surface area contributed by atoms with E-state index in [0.717, 1.165) is 5.56 Å². The third-order valence-electron chi connectivity index (χ3n) is 2.62. The summed E-state index contributed by atoms with van der Waals surface area (Å²) in [6.45, 7) is 3.29. The van der Waals surface area contributed by atoms with Crippen molar-refractivity contribution in [1.82, 2.24) is 5.32 Å². The van der Waals surface area contributed by atoms with Gasteiger partial charge in [-0.2, -0.15) is 0 Å². The molecular formula is C12H18FNO2. The fourth-order valence-corrected chi connectivity index (χ4v) is 1.49. The molecule has 0 saturated heterocycles. The summed E-state index contributed by atoms with van der Waals surface area (Å²) in [5, 5.41) is 20.9. The molecule has 4 heteroatoms. The van der Waals surface area contributed by atoms with Crippen LogP contribution in [-0.2, 0) is 0 Å². The molecule has 0 spiro atoms. The van der Waals surface area contributed by atoms with Gasteiger partial charge in [0.2, 0.25) is 0 Å². The van der Waals surface area contributed by atoms with E-state index >= 15 is 0 Å². The van der Waals surface area contributed by atoms with E-state index in [1.165, 1.54) is 6.07 Å². The first-order chi connectivity index (χ1) is 7.58. The van der Waals surface area contributed by atoms with Gasteiger partial charge in [0, 0.05) is 6.04 Å². The molecule has 1 aromatic carbocycles. The predicted molar refractivity (Wildman–Crippen MR) is 60.6 cm³/mol. The number of aliphatic hydroxyl groups is 2. The number of hydrogen-bond donors (Lipinski definition) is 3. The normalized spacial score (nSPS) is 13.1. The number of benzene rings is 1. The first kappa shape index (κ1) is 13.1. The van der Waals surface area contributed by atoms with Crippen molar-refractivity contribution in [3.05, 3.63) is 35.1 Å². The summed E-state index contributed by atoms with van der Waals surface area (Å²) in [6.07, 6.45) is 0. The summed E-state index contributed by atoms with van der Waals surface area (Å²) in [7, 11) is 0. The Labute approximate surface area is 94.9 Å². The first-order valence-electron chi connectivity index (χ1n) is 5.32. The van der Waals surface area contributed by atoms with Crippen LogP contribution in [0.4, 0.5) is 4.39 Å². The average Bonchev–Trinajstić information content (AvgIpc) is 2.29. The van der Waals surface area contributed by atoms with Crippen LogP contribution in [0.5, 0.6) is 0 Å². The topological polar surface area (TPSA) is 52.5 Å². The van der Waals surface area contributed by atoms with Gasteiger partial charge in [0.1, 0.15) is 5.82 Å². The lowest BCUT2D eigenvalue weighted by molar-refractivity contribution is 0.163. The van der Waals surface area contributed by atoms with Gasteiger partial charge in [0.25, 0.3) is 0 Å². The van der Waals surface area contributed by atoms with Gasteiger partial charge >= 0.3 is 0 Å². The first-order valence-corrected chi connectivity index (χ1v) is 5.32. The molecule has 0 heterocycles. The maximum Gasteiger partial charge on any atom is 0.126 e. The minimum Gasteiger partial charge on any atom is -0.395 e. The molecule has 3 N–H and O–H groups in total. The Balaban J connectivity index is 2.72. The summed E-state index contributed by atoms with van der Waals surface area (Å²) >= 11 is 0. The molecule has 0 aliphatic heterocycles. The molecule has 3 nitrogen and oxygen atoms in total. The third kappa shape index (κ3) is 3.27. The molecule has 0 aliphatic rings. The zero-order valence-corrected chi connectivity index (χ0v) is 9.57. The number of aliphatic hydroxyl groups excluding tert-OH is 2. The monoisotopic (exact) mass is 227 g/mol. The molecule has 0 bridgehead atoms. The van der Waals surface area contributed by atoms with E-state index in [4.69, 9.17) is 10.2 Å². The fourth-order valence-electron chi connectivity index (χ4n) is 1.49. The highest BCUT2D eigenvalue weighted by Crippen LogP contribution is 2.16. The Morgan fingerprint density at radius 2 is 1.94 bits per heavy atom. The molecule has 0 aliphatic carbocycles. The summed E-state index contributed by atoms with van der Waals surface area (Å²) in [4.78, 5) is 0. The Morgan fingerprint density at radius 3 is 2.44 bits per heavy atom. The maximum atomic E-state index is 13.3. The van der Waals surface area contributed by atoms with Crippen molar-refractivity contribution in [2.24, 2.45) is 0 Å². The van der Waals surface area contributed by atoms with Gasteiger partial charge in [-0.05, 0) is 31.0 Å². The zero-order valence-electron chi connectivity index (χ0n) is 9.57. The zero-order chi connectivity index (χ0) is 12.1. The van der Waals surface area contributed by atoms with Crippen molar-refractivity contribution in [1.29, 1.82) is 0 Å². The van der Waals surface area contributed by atoms with E-state index in [1.54, 1.807) is 13.0 Å². The van der Waals surface area contributed by atoms with E-state index in [1.807, 2.05) is 13.0 Å². The Morgan fingerprint density at radius 1 is 1.31 bits per heavy atom. The second kappa shape index (κ2) is 5.94. The summed E-state index contributed by atoms with van der Waals surface area (Å²) in [5.74, 6) is -0.240. The van der Waals surface area contributed by atoms with Crippen LogP contribution in [0.15, 0.2) is 18.2 Å². The van der Waals surface area contributed by atoms with Crippen molar-refractivity contribution in [2.75, 3.05) is 13.2 Å². The van der Waals surface area contributed by atoms with Gasteiger partial charge in [-0.25, -0.2) is 4.39 Å². The lowest BCUT2D eigenvalue weighted by Gasteiger charge is -2.20. The van der Waals surface area contributed by atoms with Crippen LogP contribution in [-0.4, -0.2) is 29.5 Å². The minimum absolute atomic E-state index is 0.112. The molecule has 16 heavy (non-hydrogen) atoms. The molecule has 0 aromatic heterocycles. The maximum absolute atomic E-state index is 13.3.